The predicted molar refractivity (Wildman–Crippen MR) is 42.3 cm³/mol. The molecular formula is C7H13NO4. The van der Waals surface area contributed by atoms with E-state index in [0.717, 1.165) is 6.21 Å². The molecule has 0 spiro atoms. The molecule has 0 amide bonds. The Kier molecular flexibility index (Phi) is 5.23. The Morgan fingerprint density at radius 2 is 2.00 bits per heavy atom. The fourth-order valence-corrected chi connectivity index (χ4v) is 0.831. The Labute approximate surface area is 70.2 Å². The van der Waals surface area contributed by atoms with Crippen molar-refractivity contribution in [1.29, 1.82) is 5.41 Å². The van der Waals surface area contributed by atoms with Gasteiger partial charge in [-0.3, -0.25) is 4.79 Å². The van der Waals surface area contributed by atoms with Gasteiger partial charge in [0.1, 0.15) is 0 Å². The summed E-state index contributed by atoms with van der Waals surface area (Å²) in [6.45, 7) is 0. The van der Waals surface area contributed by atoms with Gasteiger partial charge >= 0.3 is 5.97 Å². The lowest BCUT2D eigenvalue weighted by molar-refractivity contribution is -0.139. The Morgan fingerprint density at radius 3 is 2.42 bits per heavy atom. The van der Waals surface area contributed by atoms with Crippen LogP contribution in [0.4, 0.5) is 0 Å². The monoisotopic (exact) mass is 175 g/mol. The number of aliphatic hydroxyl groups is 2. The van der Waals surface area contributed by atoms with Crippen LogP contribution in [0.1, 0.15) is 19.3 Å². The molecule has 0 aliphatic rings. The average molecular weight is 175 g/mol. The summed E-state index contributed by atoms with van der Waals surface area (Å²) in [7, 11) is 0. The molecule has 0 heterocycles. The summed E-state index contributed by atoms with van der Waals surface area (Å²) in [5.74, 6) is -1.09. The maximum atomic E-state index is 10.1. The lowest BCUT2D eigenvalue weighted by Crippen LogP contribution is -2.20. The van der Waals surface area contributed by atoms with Crippen LogP contribution in [0.5, 0.6) is 0 Å². The first-order valence-corrected chi connectivity index (χ1v) is 3.63. The van der Waals surface area contributed by atoms with Crippen molar-refractivity contribution in [2.75, 3.05) is 0 Å². The third-order valence-corrected chi connectivity index (χ3v) is 1.34. The summed E-state index contributed by atoms with van der Waals surface area (Å²) in [5, 5.41) is 32.9. The second-order valence-corrected chi connectivity index (χ2v) is 2.58. The van der Waals surface area contributed by atoms with E-state index in [2.05, 4.69) is 0 Å². The number of carboxylic acids is 1. The highest BCUT2D eigenvalue weighted by atomic mass is 16.4. The lowest BCUT2D eigenvalue weighted by Gasteiger charge is -2.11. The average Bonchev–Trinajstić information content (AvgIpc) is 1.84. The molecule has 0 rings (SSSR count). The lowest BCUT2D eigenvalue weighted by atomic mass is 10.1. The summed E-state index contributed by atoms with van der Waals surface area (Å²) in [6, 6.07) is 0. The number of nitrogens with one attached hydrogen (secondary N) is 1. The van der Waals surface area contributed by atoms with Crippen LogP contribution in [0.3, 0.4) is 0 Å². The number of aliphatic hydroxyl groups excluding tert-OH is 2. The second kappa shape index (κ2) is 5.68. The minimum atomic E-state index is -1.09. The maximum Gasteiger partial charge on any atom is 0.305 e. The number of hydrogen-bond donors (Lipinski definition) is 4. The molecule has 0 radical (unpaired) electrons. The first kappa shape index (κ1) is 11.1. The third-order valence-electron chi connectivity index (χ3n) is 1.34. The van der Waals surface area contributed by atoms with Gasteiger partial charge < -0.3 is 20.7 Å². The second-order valence-electron chi connectivity index (χ2n) is 2.58. The smallest absolute Gasteiger partial charge is 0.305 e. The van der Waals surface area contributed by atoms with E-state index in [1.54, 1.807) is 0 Å². The quantitative estimate of drug-likeness (QED) is 0.413. The van der Waals surface area contributed by atoms with Crippen molar-refractivity contribution < 1.29 is 20.1 Å². The van der Waals surface area contributed by atoms with Crippen LogP contribution >= 0.6 is 0 Å². The van der Waals surface area contributed by atoms with E-state index in [1.165, 1.54) is 0 Å². The van der Waals surface area contributed by atoms with Crippen molar-refractivity contribution >= 4 is 12.2 Å². The number of carbonyl (C=O) groups is 1. The highest BCUT2D eigenvalue weighted by Crippen LogP contribution is 2.04. The van der Waals surface area contributed by atoms with Crippen molar-refractivity contribution in [2.45, 2.75) is 31.5 Å². The van der Waals surface area contributed by atoms with Gasteiger partial charge in [0, 0.05) is 12.8 Å². The van der Waals surface area contributed by atoms with Crippen LogP contribution < -0.4 is 0 Å². The van der Waals surface area contributed by atoms with E-state index >= 15 is 0 Å². The molecule has 0 aromatic carbocycles. The Hall–Kier alpha value is -0.940. The SMILES string of the molecule is N=CCC(O)CC(O)CC(=O)O. The van der Waals surface area contributed by atoms with Crippen LogP contribution in [0, 0.1) is 5.41 Å². The standard InChI is InChI=1S/C7H13NO4/c8-2-1-5(9)3-6(10)4-7(11)12/h2,5-6,8-10H,1,3-4H2,(H,11,12). The molecular weight excluding hydrogens is 162 g/mol. The number of carboxylic acid groups (broad SMARTS) is 1. The normalized spacial score (nSPS) is 15.2. The molecule has 0 aliphatic carbocycles. The Morgan fingerprint density at radius 1 is 1.42 bits per heavy atom. The van der Waals surface area contributed by atoms with Crippen molar-refractivity contribution in [3.63, 3.8) is 0 Å². The van der Waals surface area contributed by atoms with Crippen molar-refractivity contribution in [2.24, 2.45) is 0 Å². The van der Waals surface area contributed by atoms with Gasteiger partial charge in [0.05, 0.1) is 18.6 Å². The van der Waals surface area contributed by atoms with Gasteiger partial charge in [-0.15, -0.1) is 0 Å². The molecule has 0 saturated carbocycles. The molecule has 5 heteroatoms. The first-order valence-electron chi connectivity index (χ1n) is 3.63. The van der Waals surface area contributed by atoms with Gasteiger partial charge in [-0.2, -0.15) is 0 Å². The summed E-state index contributed by atoms with van der Waals surface area (Å²) in [4.78, 5) is 10.1. The zero-order valence-electron chi connectivity index (χ0n) is 6.60. The molecule has 0 aromatic heterocycles. The number of aliphatic carboxylic acids is 1. The molecule has 4 N–H and O–H groups in total. The molecule has 0 aliphatic heterocycles. The zero-order valence-corrected chi connectivity index (χ0v) is 6.60. The number of hydrogen-bond acceptors (Lipinski definition) is 4. The Balaban J connectivity index is 3.59. The van der Waals surface area contributed by atoms with Gasteiger partial charge in [-0.25, -0.2) is 0 Å². The highest BCUT2D eigenvalue weighted by molar-refractivity contribution is 5.67. The Bertz CT molecular complexity index is 159. The van der Waals surface area contributed by atoms with Crippen LogP contribution in [0.25, 0.3) is 0 Å². The van der Waals surface area contributed by atoms with Gasteiger partial charge in [-0.05, 0) is 6.21 Å². The molecule has 2 atom stereocenters. The fraction of sp³-hybridized carbons (Fsp3) is 0.714. The van der Waals surface area contributed by atoms with Crippen LogP contribution in [-0.2, 0) is 4.79 Å². The van der Waals surface area contributed by atoms with Crippen molar-refractivity contribution in [3.8, 4) is 0 Å². The minimum absolute atomic E-state index is 0.00167. The molecule has 70 valence electrons. The summed E-state index contributed by atoms with van der Waals surface area (Å²) in [5.41, 5.74) is 0. The maximum absolute atomic E-state index is 10.1. The van der Waals surface area contributed by atoms with Gasteiger partial charge in [0.25, 0.3) is 0 Å². The molecule has 5 nitrogen and oxygen atoms in total. The molecule has 12 heavy (non-hydrogen) atoms. The van der Waals surface area contributed by atoms with Crippen LogP contribution in [0.2, 0.25) is 0 Å². The van der Waals surface area contributed by atoms with Crippen molar-refractivity contribution in [1.82, 2.24) is 0 Å². The van der Waals surface area contributed by atoms with Crippen LogP contribution in [-0.4, -0.2) is 39.7 Å². The largest absolute Gasteiger partial charge is 0.481 e. The fourth-order valence-electron chi connectivity index (χ4n) is 0.831. The van der Waals surface area contributed by atoms with Crippen molar-refractivity contribution in [3.05, 3.63) is 0 Å². The topological polar surface area (TPSA) is 102 Å². The third kappa shape index (κ3) is 5.82. The first-order chi connectivity index (χ1) is 5.56. The zero-order chi connectivity index (χ0) is 9.56. The highest BCUT2D eigenvalue weighted by Gasteiger charge is 2.13. The van der Waals surface area contributed by atoms with Gasteiger partial charge in [0.2, 0.25) is 0 Å². The molecule has 0 bridgehead atoms. The number of rotatable bonds is 6. The molecule has 0 saturated heterocycles. The molecule has 0 aromatic rings. The van der Waals surface area contributed by atoms with Gasteiger partial charge in [0.15, 0.2) is 0 Å². The summed E-state index contributed by atoms with van der Waals surface area (Å²) in [6.07, 6.45) is -1.04. The van der Waals surface area contributed by atoms with E-state index in [4.69, 9.17) is 20.7 Å². The van der Waals surface area contributed by atoms with E-state index in [1.807, 2.05) is 0 Å². The predicted octanol–water partition coefficient (Wildman–Crippen LogP) is -0.387. The van der Waals surface area contributed by atoms with Gasteiger partial charge in [-0.1, -0.05) is 0 Å². The van der Waals surface area contributed by atoms with E-state index < -0.39 is 18.2 Å². The molecule has 2 unspecified atom stereocenters. The van der Waals surface area contributed by atoms with Crippen LogP contribution in [0.15, 0.2) is 0 Å². The van der Waals surface area contributed by atoms with E-state index in [-0.39, 0.29) is 19.3 Å². The van der Waals surface area contributed by atoms with E-state index in [9.17, 15) is 4.79 Å². The summed E-state index contributed by atoms with van der Waals surface area (Å²) < 4.78 is 0. The van der Waals surface area contributed by atoms with E-state index in [0.29, 0.717) is 0 Å². The molecule has 0 fully saturated rings. The summed E-state index contributed by atoms with van der Waals surface area (Å²) >= 11 is 0. The minimum Gasteiger partial charge on any atom is -0.481 e.